The number of aromatic nitrogens is 2. The Morgan fingerprint density at radius 2 is 1.67 bits per heavy atom. The van der Waals surface area contributed by atoms with Crippen LogP contribution in [0.3, 0.4) is 0 Å². The van der Waals surface area contributed by atoms with Crippen molar-refractivity contribution in [1.82, 2.24) is 20.2 Å². The van der Waals surface area contributed by atoms with E-state index in [0.29, 0.717) is 22.4 Å². The first-order valence-electron chi connectivity index (χ1n) is 15.6. The summed E-state index contributed by atoms with van der Waals surface area (Å²) < 4.78 is 74.6. The van der Waals surface area contributed by atoms with Crippen LogP contribution in [0.4, 0.5) is 32.4 Å². The number of aryl methyl sites for hydroxylation is 1. The number of amides is 2. The molecule has 8 nitrogen and oxygen atoms in total. The molecule has 49 heavy (non-hydrogen) atoms. The SMILES string of the molecule is Cc1cnc(C(=O)Nc2cc(CN3CCC(F)(F)[C@H](NC(=O)OC(C)(C)C)C3)cc(-c3ccc(C(F)(F)F)nc3)c2)cc1-c1ccccc1. The third kappa shape index (κ3) is 9.17. The quantitative estimate of drug-likeness (QED) is 0.191. The average Bonchev–Trinajstić information content (AvgIpc) is 3.02. The molecule has 0 unspecified atom stereocenters. The molecule has 5 rings (SSSR count). The number of pyridine rings is 2. The van der Waals surface area contributed by atoms with E-state index in [2.05, 4.69) is 20.6 Å². The predicted molar refractivity (Wildman–Crippen MR) is 175 cm³/mol. The third-order valence-corrected chi connectivity index (χ3v) is 7.87. The first-order chi connectivity index (χ1) is 23.0. The number of alkyl carbamates (subject to hydrolysis) is 1. The van der Waals surface area contributed by atoms with Gasteiger partial charge in [0.2, 0.25) is 0 Å². The fourth-order valence-corrected chi connectivity index (χ4v) is 5.49. The largest absolute Gasteiger partial charge is 0.444 e. The van der Waals surface area contributed by atoms with Gasteiger partial charge in [0.15, 0.2) is 0 Å². The van der Waals surface area contributed by atoms with Crippen LogP contribution < -0.4 is 10.6 Å². The van der Waals surface area contributed by atoms with Crippen LogP contribution in [0, 0.1) is 6.92 Å². The maximum atomic E-state index is 14.9. The summed E-state index contributed by atoms with van der Waals surface area (Å²) in [6.07, 6.45) is -3.42. The van der Waals surface area contributed by atoms with Gasteiger partial charge in [-0.1, -0.05) is 36.4 Å². The van der Waals surface area contributed by atoms with Crippen LogP contribution in [0.1, 0.15) is 54.5 Å². The Morgan fingerprint density at radius 1 is 0.939 bits per heavy atom. The van der Waals surface area contributed by atoms with Gasteiger partial charge in [-0.2, -0.15) is 13.2 Å². The number of carbonyl (C=O) groups excluding carboxylic acids is 2. The summed E-state index contributed by atoms with van der Waals surface area (Å²) in [6, 6.07) is 16.7. The van der Waals surface area contributed by atoms with E-state index >= 15 is 0 Å². The number of benzene rings is 2. The van der Waals surface area contributed by atoms with E-state index in [-0.39, 0.29) is 25.3 Å². The third-order valence-electron chi connectivity index (χ3n) is 7.87. The second-order valence-corrected chi connectivity index (χ2v) is 13.0. The van der Waals surface area contributed by atoms with Crippen molar-refractivity contribution < 1.29 is 36.3 Å². The minimum atomic E-state index is -4.63. The summed E-state index contributed by atoms with van der Waals surface area (Å²) in [5.41, 5.74) is 2.49. The van der Waals surface area contributed by atoms with Crippen LogP contribution in [0.15, 0.2) is 79.1 Å². The van der Waals surface area contributed by atoms with E-state index in [9.17, 15) is 31.5 Å². The van der Waals surface area contributed by atoms with Gasteiger partial charge in [-0.3, -0.25) is 19.7 Å². The molecule has 1 aliphatic heterocycles. The highest BCUT2D eigenvalue weighted by molar-refractivity contribution is 6.04. The molecule has 0 saturated carbocycles. The number of nitrogens with one attached hydrogen (secondary N) is 2. The second kappa shape index (κ2) is 13.9. The van der Waals surface area contributed by atoms with E-state index < -0.39 is 47.9 Å². The standard InChI is InChI=1S/C36H36F5N5O3/c1-22-18-42-29(17-28(22)24-8-6-5-7-9-24)32(47)44-27-15-23(14-26(16-27)25-10-11-30(43-19-25)36(39,40)41)20-46-13-12-35(37,38)31(21-46)45-33(48)49-34(2,3)4/h5-11,14-19,31H,12-13,20-21H2,1-4H3,(H,44,47)(H,45,48)/t31-/m1/s1. The van der Waals surface area contributed by atoms with Crippen LogP contribution >= 0.6 is 0 Å². The molecule has 2 aromatic carbocycles. The van der Waals surface area contributed by atoms with Gasteiger partial charge in [-0.15, -0.1) is 0 Å². The first kappa shape index (κ1) is 35.4. The lowest BCUT2D eigenvalue weighted by Gasteiger charge is -2.38. The monoisotopic (exact) mass is 681 g/mol. The average molecular weight is 682 g/mol. The lowest BCUT2D eigenvalue weighted by atomic mass is 9.99. The van der Waals surface area contributed by atoms with Gasteiger partial charge in [0.1, 0.15) is 23.0 Å². The predicted octanol–water partition coefficient (Wildman–Crippen LogP) is 8.12. The van der Waals surface area contributed by atoms with E-state index in [4.69, 9.17) is 4.74 Å². The number of hydrogen-bond acceptors (Lipinski definition) is 6. The molecule has 13 heteroatoms. The Labute approximate surface area is 280 Å². The smallest absolute Gasteiger partial charge is 0.433 e. The molecular weight excluding hydrogens is 645 g/mol. The van der Waals surface area contributed by atoms with Crippen LogP contribution in [-0.4, -0.2) is 57.5 Å². The van der Waals surface area contributed by atoms with Crippen molar-refractivity contribution in [2.24, 2.45) is 0 Å². The van der Waals surface area contributed by atoms with Gasteiger partial charge in [0.05, 0.1) is 0 Å². The lowest BCUT2D eigenvalue weighted by Crippen LogP contribution is -2.58. The molecule has 4 aromatic rings. The molecule has 2 aromatic heterocycles. The maximum absolute atomic E-state index is 14.9. The Morgan fingerprint density at radius 3 is 2.33 bits per heavy atom. The number of anilines is 1. The summed E-state index contributed by atoms with van der Waals surface area (Å²) in [4.78, 5) is 35.4. The minimum absolute atomic E-state index is 0.00278. The number of nitrogens with zero attached hydrogens (tertiary/aromatic N) is 3. The van der Waals surface area contributed by atoms with E-state index in [0.717, 1.165) is 29.0 Å². The van der Waals surface area contributed by atoms with Crippen LogP contribution in [0.5, 0.6) is 0 Å². The summed E-state index contributed by atoms with van der Waals surface area (Å²) in [5, 5.41) is 5.13. The van der Waals surface area contributed by atoms with Crippen molar-refractivity contribution in [3.8, 4) is 22.3 Å². The van der Waals surface area contributed by atoms with Crippen molar-refractivity contribution in [3.63, 3.8) is 0 Å². The van der Waals surface area contributed by atoms with E-state index in [1.54, 1.807) is 56.1 Å². The highest BCUT2D eigenvalue weighted by atomic mass is 19.4. The molecule has 3 heterocycles. The molecule has 0 bridgehead atoms. The zero-order valence-electron chi connectivity index (χ0n) is 27.4. The number of halogens is 5. The Kier molecular flexibility index (Phi) is 10.0. The second-order valence-electron chi connectivity index (χ2n) is 13.0. The minimum Gasteiger partial charge on any atom is -0.444 e. The van der Waals surface area contributed by atoms with E-state index in [1.165, 1.54) is 6.07 Å². The number of likely N-dealkylation sites (tertiary alicyclic amines) is 1. The highest BCUT2D eigenvalue weighted by Crippen LogP contribution is 2.33. The van der Waals surface area contributed by atoms with Crippen molar-refractivity contribution in [1.29, 1.82) is 0 Å². The molecule has 2 N–H and O–H groups in total. The number of rotatable bonds is 7. The molecule has 0 radical (unpaired) electrons. The molecule has 0 spiro atoms. The van der Waals surface area contributed by atoms with Gasteiger partial charge in [0.25, 0.3) is 11.8 Å². The number of alkyl halides is 5. The Bertz CT molecular complexity index is 1810. The molecular formula is C36H36F5N5O3. The fraction of sp³-hybridized carbons (Fsp3) is 0.333. The Hall–Kier alpha value is -4.91. The lowest BCUT2D eigenvalue weighted by molar-refractivity contribution is -0.141. The zero-order valence-corrected chi connectivity index (χ0v) is 27.4. The summed E-state index contributed by atoms with van der Waals surface area (Å²) >= 11 is 0. The number of ether oxygens (including phenoxy) is 1. The zero-order chi connectivity index (χ0) is 35.6. The van der Waals surface area contributed by atoms with Crippen molar-refractivity contribution in [2.75, 3.05) is 18.4 Å². The highest BCUT2D eigenvalue weighted by Gasteiger charge is 2.45. The molecule has 2 amide bonds. The van der Waals surface area contributed by atoms with Gasteiger partial charge in [-0.05, 0) is 85.8 Å². The molecule has 0 aliphatic carbocycles. The summed E-state index contributed by atoms with van der Waals surface area (Å²) in [5.74, 6) is -3.70. The Balaban J connectivity index is 1.43. The van der Waals surface area contributed by atoms with Crippen LogP contribution in [0.2, 0.25) is 0 Å². The molecule has 1 fully saturated rings. The van der Waals surface area contributed by atoms with Crippen molar-refractivity contribution in [2.45, 2.75) is 64.4 Å². The summed E-state index contributed by atoms with van der Waals surface area (Å²) in [7, 11) is 0. The summed E-state index contributed by atoms with van der Waals surface area (Å²) in [6.45, 7) is 6.71. The maximum Gasteiger partial charge on any atom is 0.433 e. The van der Waals surface area contributed by atoms with Gasteiger partial charge in [-0.25, -0.2) is 13.6 Å². The molecule has 1 saturated heterocycles. The van der Waals surface area contributed by atoms with Crippen molar-refractivity contribution >= 4 is 17.7 Å². The fourth-order valence-electron chi connectivity index (χ4n) is 5.49. The van der Waals surface area contributed by atoms with Gasteiger partial charge < -0.3 is 15.4 Å². The van der Waals surface area contributed by atoms with Crippen molar-refractivity contribution in [3.05, 3.63) is 102 Å². The molecule has 1 aliphatic rings. The van der Waals surface area contributed by atoms with Gasteiger partial charge in [0, 0.05) is 49.7 Å². The molecule has 1 atom stereocenters. The van der Waals surface area contributed by atoms with E-state index in [1.807, 2.05) is 37.3 Å². The number of carbonyl (C=O) groups is 2. The van der Waals surface area contributed by atoms with Crippen LogP contribution in [-0.2, 0) is 17.5 Å². The molecule has 258 valence electrons. The van der Waals surface area contributed by atoms with Gasteiger partial charge >= 0.3 is 12.3 Å². The van der Waals surface area contributed by atoms with Crippen LogP contribution in [0.25, 0.3) is 22.3 Å². The number of hydrogen-bond donors (Lipinski definition) is 2. The normalized spacial score (nSPS) is 16.6. The first-order valence-corrected chi connectivity index (χ1v) is 15.6. The number of piperidine rings is 1. The topological polar surface area (TPSA) is 96.5 Å².